The van der Waals surface area contributed by atoms with Gasteiger partial charge in [0.1, 0.15) is 12.3 Å². The minimum atomic E-state index is -0.274. The molecular weight excluding hydrogens is 350 g/mol. The Bertz CT molecular complexity index is 949. The van der Waals surface area contributed by atoms with Gasteiger partial charge in [0.2, 0.25) is 17.8 Å². The molecule has 2 N–H and O–H groups in total. The van der Waals surface area contributed by atoms with Gasteiger partial charge in [0.05, 0.1) is 17.5 Å². The standard InChI is InChI=1S/C18H21N5O4/c24-15(21-22-7-1-2-8-22)4-3-9-27-12-5-6-14-13(10-12)17(26)23-11-16(25)20-18(23)19-14/h5-6,10H,1-4,7-9,11H2,(H,21,24)(H,19,20,25). The van der Waals surface area contributed by atoms with Gasteiger partial charge in [0.25, 0.3) is 5.56 Å². The smallest absolute Gasteiger partial charge is 0.263 e. The molecule has 0 aliphatic carbocycles. The number of ether oxygens (including phenoxy) is 1. The third-order valence-electron chi connectivity index (χ3n) is 4.68. The molecule has 1 aromatic carbocycles. The highest BCUT2D eigenvalue weighted by molar-refractivity contribution is 5.94. The number of nitrogens with one attached hydrogen (secondary N) is 2. The lowest BCUT2D eigenvalue weighted by Gasteiger charge is -2.16. The van der Waals surface area contributed by atoms with Crippen LogP contribution < -0.4 is 21.0 Å². The zero-order valence-electron chi connectivity index (χ0n) is 14.9. The van der Waals surface area contributed by atoms with E-state index in [9.17, 15) is 14.4 Å². The van der Waals surface area contributed by atoms with Gasteiger partial charge in [-0.15, -0.1) is 0 Å². The van der Waals surface area contributed by atoms with Crippen LogP contribution in [-0.4, -0.2) is 46.1 Å². The molecule has 4 rings (SSSR count). The number of benzene rings is 1. The number of hydrogen-bond acceptors (Lipinski definition) is 6. The van der Waals surface area contributed by atoms with Crippen molar-refractivity contribution in [3.8, 4) is 5.75 Å². The van der Waals surface area contributed by atoms with Crippen LogP contribution >= 0.6 is 0 Å². The number of anilines is 1. The Morgan fingerprint density at radius 2 is 2.07 bits per heavy atom. The summed E-state index contributed by atoms with van der Waals surface area (Å²) in [5, 5.41) is 4.92. The second kappa shape index (κ2) is 7.36. The van der Waals surface area contributed by atoms with Crippen molar-refractivity contribution >= 4 is 28.7 Å². The zero-order valence-corrected chi connectivity index (χ0v) is 14.9. The number of nitrogens with zero attached hydrogens (tertiary/aromatic N) is 3. The quantitative estimate of drug-likeness (QED) is 0.722. The Morgan fingerprint density at radius 3 is 2.89 bits per heavy atom. The summed E-state index contributed by atoms with van der Waals surface area (Å²) >= 11 is 0. The lowest BCUT2D eigenvalue weighted by molar-refractivity contribution is -0.125. The summed E-state index contributed by atoms with van der Waals surface area (Å²) in [6.07, 6.45) is 3.20. The van der Waals surface area contributed by atoms with E-state index in [1.807, 2.05) is 5.01 Å². The average molecular weight is 371 g/mol. The van der Waals surface area contributed by atoms with Crippen molar-refractivity contribution in [2.24, 2.45) is 0 Å². The van der Waals surface area contributed by atoms with Crippen LogP contribution in [0.25, 0.3) is 10.9 Å². The first-order valence-corrected chi connectivity index (χ1v) is 9.12. The molecule has 1 aromatic heterocycles. The van der Waals surface area contributed by atoms with Crippen LogP contribution in [0.3, 0.4) is 0 Å². The molecular formula is C18H21N5O4. The summed E-state index contributed by atoms with van der Waals surface area (Å²) in [6, 6.07) is 5.05. The van der Waals surface area contributed by atoms with Gasteiger partial charge in [-0.25, -0.2) is 9.99 Å². The minimum Gasteiger partial charge on any atom is -0.494 e. The summed E-state index contributed by atoms with van der Waals surface area (Å²) < 4.78 is 6.99. The maximum absolute atomic E-state index is 12.5. The first kappa shape index (κ1) is 17.5. The molecule has 27 heavy (non-hydrogen) atoms. The van der Waals surface area contributed by atoms with Crippen LogP contribution in [0.4, 0.5) is 5.95 Å². The molecule has 9 heteroatoms. The molecule has 2 amide bonds. The molecule has 2 aromatic rings. The molecule has 0 bridgehead atoms. The van der Waals surface area contributed by atoms with Gasteiger partial charge in [0.15, 0.2) is 0 Å². The number of rotatable bonds is 6. The Balaban J connectivity index is 1.35. The predicted molar refractivity (Wildman–Crippen MR) is 98.3 cm³/mol. The maximum Gasteiger partial charge on any atom is 0.263 e. The first-order valence-electron chi connectivity index (χ1n) is 9.12. The highest BCUT2D eigenvalue weighted by atomic mass is 16.5. The fraction of sp³-hybridized carbons (Fsp3) is 0.444. The highest BCUT2D eigenvalue weighted by Gasteiger charge is 2.21. The van der Waals surface area contributed by atoms with E-state index in [0.717, 1.165) is 25.9 Å². The van der Waals surface area contributed by atoms with Gasteiger partial charge in [-0.05, 0) is 37.5 Å². The Kier molecular flexibility index (Phi) is 4.76. The number of carbonyl (C=O) groups is 2. The van der Waals surface area contributed by atoms with Crippen molar-refractivity contribution in [1.82, 2.24) is 20.0 Å². The molecule has 142 valence electrons. The molecule has 0 radical (unpaired) electrons. The van der Waals surface area contributed by atoms with Gasteiger partial charge < -0.3 is 4.74 Å². The van der Waals surface area contributed by atoms with E-state index in [0.29, 0.717) is 36.1 Å². The first-order chi connectivity index (χ1) is 13.1. The normalized spacial score (nSPS) is 16.4. The highest BCUT2D eigenvalue weighted by Crippen LogP contribution is 2.20. The molecule has 1 fully saturated rings. The number of amides is 2. The van der Waals surface area contributed by atoms with Crippen LogP contribution in [0.15, 0.2) is 23.0 Å². The van der Waals surface area contributed by atoms with Crippen molar-refractivity contribution in [2.75, 3.05) is 25.0 Å². The topological polar surface area (TPSA) is 106 Å². The maximum atomic E-state index is 12.5. The SMILES string of the molecule is O=C1Cn2c(nc3ccc(OCCCC(=O)NN4CCCC4)cc3c2=O)N1. The zero-order chi connectivity index (χ0) is 18.8. The van der Waals surface area contributed by atoms with E-state index in [1.165, 1.54) is 4.57 Å². The van der Waals surface area contributed by atoms with Gasteiger partial charge >= 0.3 is 0 Å². The molecule has 0 spiro atoms. The summed E-state index contributed by atoms with van der Waals surface area (Å²) in [5.41, 5.74) is 3.12. The van der Waals surface area contributed by atoms with E-state index in [1.54, 1.807) is 18.2 Å². The van der Waals surface area contributed by atoms with Crippen LogP contribution in [0, 0.1) is 0 Å². The van der Waals surface area contributed by atoms with Crippen molar-refractivity contribution in [2.45, 2.75) is 32.2 Å². The van der Waals surface area contributed by atoms with Gasteiger partial charge in [0, 0.05) is 19.5 Å². The molecule has 0 saturated carbocycles. The van der Waals surface area contributed by atoms with Crippen molar-refractivity contribution in [1.29, 1.82) is 0 Å². The predicted octanol–water partition coefficient (Wildman–Crippen LogP) is 0.635. The average Bonchev–Trinajstić information content (AvgIpc) is 3.28. The van der Waals surface area contributed by atoms with Crippen molar-refractivity contribution < 1.29 is 14.3 Å². The third kappa shape index (κ3) is 3.77. The molecule has 0 unspecified atom stereocenters. The lowest BCUT2D eigenvalue weighted by atomic mass is 10.2. The number of carbonyl (C=O) groups excluding carboxylic acids is 2. The van der Waals surface area contributed by atoms with Crippen molar-refractivity contribution in [3.05, 3.63) is 28.6 Å². The van der Waals surface area contributed by atoms with Gasteiger partial charge in [-0.1, -0.05) is 0 Å². The van der Waals surface area contributed by atoms with E-state index in [2.05, 4.69) is 15.7 Å². The molecule has 1 saturated heterocycles. The van der Waals surface area contributed by atoms with Gasteiger partial charge in [-0.2, -0.15) is 0 Å². The lowest BCUT2D eigenvalue weighted by Crippen LogP contribution is -2.39. The summed E-state index contributed by atoms with van der Waals surface area (Å²) in [4.78, 5) is 40.1. The number of aromatic nitrogens is 2. The number of hydrazine groups is 1. The summed E-state index contributed by atoms with van der Waals surface area (Å²) in [7, 11) is 0. The largest absolute Gasteiger partial charge is 0.494 e. The minimum absolute atomic E-state index is 0.00538. The van der Waals surface area contributed by atoms with E-state index in [-0.39, 0.29) is 29.9 Å². The third-order valence-corrected chi connectivity index (χ3v) is 4.68. The van der Waals surface area contributed by atoms with Crippen LogP contribution in [0.1, 0.15) is 25.7 Å². The molecule has 2 aliphatic heterocycles. The van der Waals surface area contributed by atoms with Crippen molar-refractivity contribution in [3.63, 3.8) is 0 Å². The fourth-order valence-corrected chi connectivity index (χ4v) is 3.32. The molecule has 3 heterocycles. The molecule has 2 aliphatic rings. The second-order valence-electron chi connectivity index (χ2n) is 6.73. The van der Waals surface area contributed by atoms with Crippen LogP contribution in [0.2, 0.25) is 0 Å². The van der Waals surface area contributed by atoms with E-state index in [4.69, 9.17) is 4.74 Å². The monoisotopic (exact) mass is 371 g/mol. The molecule has 9 nitrogen and oxygen atoms in total. The summed E-state index contributed by atoms with van der Waals surface area (Å²) in [6.45, 7) is 2.18. The molecule has 0 atom stereocenters. The summed E-state index contributed by atoms with van der Waals surface area (Å²) in [5.74, 6) is 0.558. The van der Waals surface area contributed by atoms with Crippen LogP contribution in [0.5, 0.6) is 5.75 Å². The van der Waals surface area contributed by atoms with Crippen LogP contribution in [-0.2, 0) is 16.1 Å². The fourth-order valence-electron chi connectivity index (χ4n) is 3.32. The second-order valence-corrected chi connectivity index (χ2v) is 6.73. The Labute approximate surface area is 155 Å². The van der Waals surface area contributed by atoms with Gasteiger partial charge in [-0.3, -0.25) is 29.7 Å². The number of hydrogen-bond donors (Lipinski definition) is 2. The Hall–Kier alpha value is -2.94. The Morgan fingerprint density at radius 1 is 1.26 bits per heavy atom. The van der Waals surface area contributed by atoms with E-state index >= 15 is 0 Å². The number of fused-ring (bicyclic) bond motifs is 2. The van der Waals surface area contributed by atoms with E-state index < -0.39 is 0 Å².